The van der Waals surface area contributed by atoms with Crippen molar-refractivity contribution >= 4 is 35.0 Å². The van der Waals surface area contributed by atoms with E-state index in [9.17, 15) is 18.8 Å². The van der Waals surface area contributed by atoms with Crippen molar-refractivity contribution < 1.29 is 18.8 Å². The molecule has 2 aromatic carbocycles. The summed E-state index contributed by atoms with van der Waals surface area (Å²) in [5, 5.41) is 3.68. The fourth-order valence-corrected chi connectivity index (χ4v) is 6.19. The molecule has 0 spiro atoms. The second-order valence-electron chi connectivity index (χ2n) is 12.4. The van der Waals surface area contributed by atoms with Crippen LogP contribution in [-0.2, 0) is 9.59 Å². The molecule has 1 atom stereocenters. The van der Waals surface area contributed by atoms with Gasteiger partial charge in [-0.2, -0.15) is 0 Å². The van der Waals surface area contributed by atoms with E-state index in [4.69, 9.17) is 11.6 Å². The summed E-state index contributed by atoms with van der Waals surface area (Å²) < 4.78 is 14.8. The highest BCUT2D eigenvalue weighted by Crippen LogP contribution is 2.35. The van der Waals surface area contributed by atoms with Crippen LogP contribution in [0.5, 0.6) is 0 Å². The zero-order valence-corrected chi connectivity index (χ0v) is 24.3. The lowest BCUT2D eigenvalue weighted by molar-refractivity contribution is -0.137. The molecule has 2 saturated heterocycles. The van der Waals surface area contributed by atoms with Crippen molar-refractivity contribution in [2.24, 2.45) is 11.3 Å². The molecule has 2 fully saturated rings. The maximum Gasteiger partial charge on any atom is 0.256 e. The number of halogens is 2. The van der Waals surface area contributed by atoms with E-state index in [1.54, 1.807) is 45.0 Å². The van der Waals surface area contributed by atoms with E-state index in [-0.39, 0.29) is 36.2 Å². The molecule has 3 aliphatic rings. The number of benzene rings is 2. The lowest BCUT2D eigenvalue weighted by atomic mass is 9.91. The third kappa shape index (κ3) is 6.03. The Hall–Kier alpha value is -2.97. The van der Waals surface area contributed by atoms with E-state index in [1.165, 1.54) is 6.07 Å². The molecule has 1 N–H and O–H groups in total. The van der Waals surface area contributed by atoms with Crippen LogP contribution in [0.2, 0.25) is 5.02 Å². The quantitative estimate of drug-likeness (QED) is 0.553. The summed E-state index contributed by atoms with van der Waals surface area (Å²) in [6.45, 7) is 9.28. The number of hydrogen-bond acceptors (Lipinski definition) is 4. The minimum atomic E-state index is -0.763. The van der Waals surface area contributed by atoms with E-state index in [2.05, 4.69) is 5.32 Å². The van der Waals surface area contributed by atoms with Gasteiger partial charge in [-0.25, -0.2) is 4.39 Å². The number of rotatable bonds is 5. The predicted octanol–water partition coefficient (Wildman–Crippen LogP) is 4.97. The molecular formula is C31H38ClFN4O3. The number of nitrogens with zero attached hydrogens (tertiary/aromatic N) is 3. The smallest absolute Gasteiger partial charge is 0.256 e. The average molecular weight is 569 g/mol. The fraction of sp³-hybridized carbons (Fsp3) is 0.516. The van der Waals surface area contributed by atoms with Crippen LogP contribution in [0.25, 0.3) is 11.1 Å². The molecule has 7 nitrogen and oxygen atoms in total. The number of hydrogen-bond donors (Lipinski definition) is 1. The van der Waals surface area contributed by atoms with Crippen molar-refractivity contribution in [3.63, 3.8) is 0 Å². The summed E-state index contributed by atoms with van der Waals surface area (Å²) in [6, 6.07) is 8.92. The van der Waals surface area contributed by atoms with Gasteiger partial charge in [0.15, 0.2) is 0 Å². The van der Waals surface area contributed by atoms with Crippen LogP contribution < -0.4 is 10.2 Å². The number of piperidine rings is 1. The molecule has 2 aromatic rings. The Morgan fingerprint density at radius 1 is 1.05 bits per heavy atom. The first kappa shape index (κ1) is 28.6. The van der Waals surface area contributed by atoms with Crippen LogP contribution in [0.1, 0.15) is 56.8 Å². The molecule has 0 saturated carbocycles. The molecule has 3 amide bonds. The monoisotopic (exact) mass is 568 g/mol. The number of nitrogens with one attached hydrogen (secondary N) is 1. The molecule has 0 aromatic heterocycles. The molecule has 40 heavy (non-hydrogen) atoms. The van der Waals surface area contributed by atoms with Gasteiger partial charge in [0.1, 0.15) is 11.9 Å². The first-order chi connectivity index (χ1) is 19.0. The van der Waals surface area contributed by atoms with E-state index in [0.717, 1.165) is 32.4 Å². The summed E-state index contributed by atoms with van der Waals surface area (Å²) in [5.74, 6) is -0.421. The SMILES string of the molecule is CC(C)(C)CC(=O)N1CCN2C(=O)c3cc(-c4ccc(Cl)cc4F)ccc3N(CCC3CCNCC3)C(=O)[C@H]2C1. The maximum atomic E-state index is 14.8. The van der Waals surface area contributed by atoms with Gasteiger partial charge < -0.3 is 20.0 Å². The van der Waals surface area contributed by atoms with Gasteiger partial charge in [-0.3, -0.25) is 14.4 Å². The Balaban J connectivity index is 1.50. The first-order valence-electron chi connectivity index (χ1n) is 14.2. The molecule has 9 heteroatoms. The molecule has 214 valence electrons. The lowest BCUT2D eigenvalue weighted by Gasteiger charge is -2.41. The number of piperazine rings is 1. The summed E-state index contributed by atoms with van der Waals surface area (Å²) in [5.41, 5.74) is 1.63. The van der Waals surface area contributed by atoms with Gasteiger partial charge in [-0.1, -0.05) is 38.4 Å². The van der Waals surface area contributed by atoms with Crippen LogP contribution in [-0.4, -0.2) is 72.8 Å². The molecule has 5 rings (SSSR count). The molecular weight excluding hydrogens is 531 g/mol. The van der Waals surface area contributed by atoms with Crippen molar-refractivity contribution in [3.8, 4) is 11.1 Å². The highest BCUT2D eigenvalue weighted by Gasteiger charge is 2.44. The molecule has 0 unspecified atom stereocenters. The summed E-state index contributed by atoms with van der Waals surface area (Å²) in [7, 11) is 0. The highest BCUT2D eigenvalue weighted by atomic mass is 35.5. The van der Waals surface area contributed by atoms with E-state index in [1.807, 2.05) is 20.8 Å². The number of anilines is 1. The second-order valence-corrected chi connectivity index (χ2v) is 12.9. The number of amides is 3. The average Bonchev–Trinajstić information content (AvgIpc) is 3.00. The van der Waals surface area contributed by atoms with Crippen molar-refractivity contribution in [3.05, 3.63) is 52.8 Å². The Labute approximate surface area is 240 Å². The Morgan fingerprint density at radius 3 is 2.50 bits per heavy atom. The van der Waals surface area contributed by atoms with Crippen LogP contribution in [0.4, 0.5) is 10.1 Å². The Kier molecular flexibility index (Phi) is 8.20. The zero-order valence-electron chi connectivity index (χ0n) is 23.5. The van der Waals surface area contributed by atoms with Crippen LogP contribution in [0.3, 0.4) is 0 Å². The topological polar surface area (TPSA) is 73.0 Å². The highest BCUT2D eigenvalue weighted by molar-refractivity contribution is 6.30. The van der Waals surface area contributed by atoms with E-state index >= 15 is 0 Å². The lowest BCUT2D eigenvalue weighted by Crippen LogP contribution is -2.61. The van der Waals surface area contributed by atoms with Crippen LogP contribution in [0.15, 0.2) is 36.4 Å². The van der Waals surface area contributed by atoms with Gasteiger partial charge in [-0.05, 0) is 79.6 Å². The van der Waals surface area contributed by atoms with Crippen molar-refractivity contribution in [2.75, 3.05) is 44.2 Å². The third-order valence-electron chi connectivity index (χ3n) is 8.21. The van der Waals surface area contributed by atoms with Crippen molar-refractivity contribution in [1.29, 1.82) is 0 Å². The minimum absolute atomic E-state index is 0.00378. The Morgan fingerprint density at radius 2 is 1.80 bits per heavy atom. The first-order valence-corrected chi connectivity index (χ1v) is 14.6. The largest absolute Gasteiger partial charge is 0.338 e. The Bertz CT molecular complexity index is 1300. The molecule has 3 aliphatic heterocycles. The van der Waals surface area contributed by atoms with E-state index < -0.39 is 11.9 Å². The standard InChI is InChI=1S/C31H38ClFN4O3/c1-31(2,3)18-28(38)35-14-15-37-27(19-35)30(40)36(13-10-20-8-11-34-12-9-20)26-7-4-21(16-24(26)29(37)39)23-6-5-22(32)17-25(23)33/h4-7,16-17,20,27,34H,8-15,18-19H2,1-3H3/t27-/m1/s1. The summed E-state index contributed by atoms with van der Waals surface area (Å²) in [4.78, 5) is 46.4. The third-order valence-corrected chi connectivity index (χ3v) is 8.44. The van der Waals surface area contributed by atoms with Gasteiger partial charge >= 0.3 is 0 Å². The van der Waals surface area contributed by atoms with Crippen LogP contribution >= 0.6 is 11.6 Å². The molecule has 0 bridgehead atoms. The molecule has 0 aliphatic carbocycles. The van der Waals surface area contributed by atoms with Gasteiger partial charge in [0, 0.05) is 36.6 Å². The zero-order chi connectivity index (χ0) is 28.6. The molecule has 0 radical (unpaired) electrons. The van der Waals surface area contributed by atoms with Gasteiger partial charge in [0.2, 0.25) is 5.91 Å². The number of carbonyl (C=O) groups is 3. The van der Waals surface area contributed by atoms with Gasteiger partial charge in [0.05, 0.1) is 17.8 Å². The van der Waals surface area contributed by atoms with Gasteiger partial charge in [0.25, 0.3) is 11.8 Å². The van der Waals surface area contributed by atoms with E-state index in [0.29, 0.717) is 52.8 Å². The second kappa shape index (κ2) is 11.5. The fourth-order valence-electron chi connectivity index (χ4n) is 6.03. The normalized spacial score (nSPS) is 20.3. The summed E-state index contributed by atoms with van der Waals surface area (Å²) >= 11 is 5.97. The predicted molar refractivity (Wildman–Crippen MR) is 155 cm³/mol. The minimum Gasteiger partial charge on any atom is -0.338 e. The number of fused-ring (bicyclic) bond motifs is 2. The summed E-state index contributed by atoms with van der Waals surface area (Å²) in [6.07, 6.45) is 3.30. The van der Waals surface area contributed by atoms with Crippen molar-refractivity contribution in [1.82, 2.24) is 15.1 Å². The maximum absolute atomic E-state index is 14.8. The molecule has 3 heterocycles. The van der Waals surface area contributed by atoms with Crippen LogP contribution in [0, 0.1) is 17.2 Å². The van der Waals surface area contributed by atoms with Gasteiger partial charge in [-0.15, -0.1) is 0 Å². The number of carbonyl (C=O) groups excluding carboxylic acids is 3. The van der Waals surface area contributed by atoms with Crippen molar-refractivity contribution in [2.45, 2.75) is 52.5 Å².